The van der Waals surface area contributed by atoms with Gasteiger partial charge < -0.3 is 15.1 Å². The molecule has 0 radical (unpaired) electrons. The van der Waals surface area contributed by atoms with Crippen molar-refractivity contribution in [2.45, 2.75) is 25.7 Å². The highest BCUT2D eigenvalue weighted by molar-refractivity contribution is 7.80. The number of carbonyl (C=O) groups excluding carboxylic acids is 1. The molecular weight excluding hydrogens is 342 g/mol. The molecule has 136 valence electrons. The molecule has 2 aromatic rings. The summed E-state index contributed by atoms with van der Waals surface area (Å²) < 4.78 is 0. The van der Waals surface area contributed by atoms with E-state index in [-0.39, 0.29) is 5.92 Å². The number of hydrogen-bond donors (Lipinski definition) is 1. The molecular formula is C21H25N3OS. The van der Waals surface area contributed by atoms with E-state index in [1.165, 1.54) is 10.8 Å². The Morgan fingerprint density at radius 1 is 0.923 bits per heavy atom. The molecule has 2 aromatic carbocycles. The molecule has 0 bridgehead atoms. The fourth-order valence-electron chi connectivity index (χ4n) is 3.99. The van der Waals surface area contributed by atoms with Gasteiger partial charge >= 0.3 is 0 Å². The molecule has 0 spiro atoms. The van der Waals surface area contributed by atoms with Gasteiger partial charge in [-0.1, -0.05) is 30.3 Å². The van der Waals surface area contributed by atoms with Gasteiger partial charge in [-0.3, -0.25) is 4.79 Å². The van der Waals surface area contributed by atoms with Crippen LogP contribution in [-0.2, 0) is 4.79 Å². The Kier molecular flexibility index (Phi) is 5.07. The lowest BCUT2D eigenvalue weighted by Gasteiger charge is -2.34. The molecule has 4 rings (SSSR count). The van der Waals surface area contributed by atoms with Crippen molar-refractivity contribution in [2.24, 2.45) is 5.92 Å². The number of rotatable bonds is 2. The van der Waals surface area contributed by atoms with E-state index in [0.29, 0.717) is 5.91 Å². The number of nitrogens with zero attached hydrogens (tertiary/aromatic N) is 2. The van der Waals surface area contributed by atoms with Crippen LogP contribution >= 0.6 is 12.2 Å². The van der Waals surface area contributed by atoms with E-state index in [1.807, 2.05) is 17.0 Å². The van der Waals surface area contributed by atoms with Crippen LogP contribution in [0.1, 0.15) is 25.7 Å². The van der Waals surface area contributed by atoms with E-state index in [2.05, 4.69) is 40.5 Å². The van der Waals surface area contributed by atoms with Crippen LogP contribution in [0.15, 0.2) is 42.5 Å². The zero-order chi connectivity index (χ0) is 17.9. The zero-order valence-electron chi connectivity index (χ0n) is 15.0. The van der Waals surface area contributed by atoms with Crippen LogP contribution in [-0.4, -0.2) is 47.0 Å². The number of fused-ring (bicyclic) bond motifs is 1. The van der Waals surface area contributed by atoms with E-state index in [1.54, 1.807) is 0 Å². The van der Waals surface area contributed by atoms with Crippen molar-refractivity contribution < 1.29 is 4.79 Å². The summed E-state index contributed by atoms with van der Waals surface area (Å²) in [7, 11) is 0. The van der Waals surface area contributed by atoms with E-state index in [9.17, 15) is 4.79 Å². The summed E-state index contributed by atoms with van der Waals surface area (Å²) in [5.41, 5.74) is 1.02. The molecule has 26 heavy (non-hydrogen) atoms. The summed E-state index contributed by atoms with van der Waals surface area (Å²) in [6.07, 6.45) is 4.11. The number of piperidine rings is 1. The normalized spacial score (nSPS) is 18.3. The van der Waals surface area contributed by atoms with Crippen molar-refractivity contribution in [3.8, 4) is 0 Å². The zero-order valence-corrected chi connectivity index (χ0v) is 15.8. The van der Waals surface area contributed by atoms with Crippen LogP contribution in [0.25, 0.3) is 10.8 Å². The van der Waals surface area contributed by atoms with E-state index >= 15 is 0 Å². The number of anilines is 1. The Bertz CT molecular complexity index is 808. The van der Waals surface area contributed by atoms with Gasteiger partial charge in [-0.05, 0) is 60.8 Å². The molecule has 0 atom stereocenters. The van der Waals surface area contributed by atoms with Gasteiger partial charge in [-0.15, -0.1) is 0 Å². The van der Waals surface area contributed by atoms with Gasteiger partial charge in [0.2, 0.25) is 5.91 Å². The molecule has 2 aliphatic rings. The number of benzene rings is 2. The molecule has 1 amide bonds. The first-order chi connectivity index (χ1) is 12.7. The molecule has 1 N–H and O–H groups in total. The summed E-state index contributed by atoms with van der Waals surface area (Å²) in [5, 5.41) is 6.55. The third-order valence-electron chi connectivity index (χ3n) is 5.55. The Balaban J connectivity index is 1.33. The predicted molar refractivity (Wildman–Crippen MR) is 110 cm³/mol. The average molecular weight is 368 g/mol. The maximum absolute atomic E-state index is 12.6. The molecule has 2 saturated heterocycles. The maximum atomic E-state index is 12.6. The molecule has 0 aromatic heterocycles. The first kappa shape index (κ1) is 17.3. The molecule has 2 fully saturated rings. The second kappa shape index (κ2) is 7.62. The summed E-state index contributed by atoms with van der Waals surface area (Å²) >= 11 is 5.61. The fourth-order valence-corrected chi connectivity index (χ4v) is 4.30. The first-order valence-electron chi connectivity index (χ1n) is 9.54. The fraction of sp³-hybridized carbons (Fsp3) is 0.429. The average Bonchev–Trinajstić information content (AvgIpc) is 3.22. The molecule has 2 aliphatic heterocycles. The summed E-state index contributed by atoms with van der Waals surface area (Å²) in [5.74, 6) is 0.531. The minimum Gasteiger partial charge on any atom is -0.349 e. The highest BCUT2D eigenvalue weighted by Gasteiger charge is 2.30. The Morgan fingerprint density at radius 2 is 1.62 bits per heavy atom. The standard InChI is InChI=1S/C21H25N3OS/c25-20(23-11-3-4-12-23)17-9-13-24(14-10-17)21(26)22-19-8-7-16-5-1-2-6-18(16)15-19/h1-2,5-8,15,17H,3-4,9-14H2,(H,22,26). The minimum atomic E-state index is 0.174. The summed E-state index contributed by atoms with van der Waals surface area (Å²) in [6, 6.07) is 14.6. The number of carbonyl (C=O) groups is 1. The monoisotopic (exact) mass is 367 g/mol. The van der Waals surface area contributed by atoms with Crippen molar-refractivity contribution in [1.82, 2.24) is 9.80 Å². The lowest BCUT2D eigenvalue weighted by molar-refractivity contribution is -0.135. The van der Waals surface area contributed by atoms with Crippen molar-refractivity contribution >= 4 is 39.7 Å². The Morgan fingerprint density at radius 3 is 2.35 bits per heavy atom. The summed E-state index contributed by atoms with van der Waals surface area (Å²) in [4.78, 5) is 16.8. The number of amides is 1. The second-order valence-corrected chi connectivity index (χ2v) is 7.67. The van der Waals surface area contributed by atoms with Crippen LogP contribution in [0.3, 0.4) is 0 Å². The smallest absolute Gasteiger partial charge is 0.225 e. The lowest BCUT2D eigenvalue weighted by Crippen LogP contribution is -2.45. The van der Waals surface area contributed by atoms with Gasteiger partial charge in [0, 0.05) is 37.8 Å². The molecule has 0 unspecified atom stereocenters. The second-order valence-electron chi connectivity index (χ2n) is 7.29. The molecule has 0 saturated carbocycles. The van der Waals surface area contributed by atoms with Crippen molar-refractivity contribution in [1.29, 1.82) is 0 Å². The molecule has 2 heterocycles. The largest absolute Gasteiger partial charge is 0.349 e. The molecule has 0 aliphatic carbocycles. The van der Waals surface area contributed by atoms with Crippen molar-refractivity contribution in [2.75, 3.05) is 31.5 Å². The molecule has 4 nitrogen and oxygen atoms in total. The van der Waals surface area contributed by atoms with Crippen LogP contribution in [0, 0.1) is 5.92 Å². The lowest BCUT2D eigenvalue weighted by atomic mass is 9.95. The van der Waals surface area contributed by atoms with Crippen LogP contribution < -0.4 is 5.32 Å². The molecule has 5 heteroatoms. The topological polar surface area (TPSA) is 35.6 Å². The maximum Gasteiger partial charge on any atom is 0.225 e. The SMILES string of the molecule is O=C(C1CCN(C(=S)Nc2ccc3ccccc3c2)CC1)N1CCCC1. The van der Waals surface area contributed by atoms with Gasteiger partial charge in [-0.25, -0.2) is 0 Å². The van der Waals surface area contributed by atoms with E-state index < -0.39 is 0 Å². The Hall–Kier alpha value is -2.14. The van der Waals surface area contributed by atoms with Gasteiger partial charge in [0.05, 0.1) is 0 Å². The van der Waals surface area contributed by atoms with Crippen molar-refractivity contribution in [3.63, 3.8) is 0 Å². The number of thiocarbonyl (C=S) groups is 1. The number of likely N-dealkylation sites (tertiary alicyclic amines) is 2. The van der Waals surface area contributed by atoms with Gasteiger partial charge in [0.1, 0.15) is 0 Å². The predicted octanol–water partition coefficient (Wildman–Crippen LogP) is 3.87. The third kappa shape index (κ3) is 3.68. The van der Waals surface area contributed by atoms with Crippen LogP contribution in [0.4, 0.5) is 5.69 Å². The number of nitrogens with one attached hydrogen (secondary N) is 1. The third-order valence-corrected chi connectivity index (χ3v) is 5.91. The summed E-state index contributed by atoms with van der Waals surface area (Å²) in [6.45, 7) is 3.59. The van der Waals surface area contributed by atoms with Crippen molar-refractivity contribution in [3.05, 3.63) is 42.5 Å². The number of hydrogen-bond acceptors (Lipinski definition) is 2. The Labute approximate surface area is 160 Å². The van der Waals surface area contributed by atoms with Gasteiger partial charge in [-0.2, -0.15) is 0 Å². The van der Waals surface area contributed by atoms with Crippen LogP contribution in [0.5, 0.6) is 0 Å². The van der Waals surface area contributed by atoms with E-state index in [4.69, 9.17) is 12.2 Å². The van der Waals surface area contributed by atoms with Gasteiger partial charge in [0.25, 0.3) is 0 Å². The highest BCUT2D eigenvalue weighted by Crippen LogP contribution is 2.23. The minimum absolute atomic E-state index is 0.174. The quantitative estimate of drug-likeness (QED) is 0.818. The van der Waals surface area contributed by atoms with E-state index in [0.717, 1.165) is 62.7 Å². The first-order valence-corrected chi connectivity index (χ1v) is 9.95. The highest BCUT2D eigenvalue weighted by atomic mass is 32.1. The van der Waals surface area contributed by atoms with Crippen LogP contribution in [0.2, 0.25) is 0 Å². The van der Waals surface area contributed by atoms with Gasteiger partial charge in [0.15, 0.2) is 5.11 Å².